The zero-order valence-corrected chi connectivity index (χ0v) is 11.5. The normalized spacial score (nSPS) is 33.3. The number of hydrogen-bond acceptors (Lipinski definition) is 2. The summed E-state index contributed by atoms with van der Waals surface area (Å²) in [5.41, 5.74) is -2.46. The smallest absolute Gasteiger partial charge is 0.380 e. The second-order valence-electron chi connectivity index (χ2n) is 6.47. The van der Waals surface area contributed by atoms with E-state index in [1.807, 2.05) is 0 Å². The van der Waals surface area contributed by atoms with Crippen molar-refractivity contribution in [1.29, 1.82) is 0 Å². The average molecular weight is 279 g/mol. The van der Waals surface area contributed by atoms with E-state index in [9.17, 15) is 18.3 Å². The van der Waals surface area contributed by atoms with Gasteiger partial charge < -0.3 is 10.0 Å². The highest BCUT2D eigenvalue weighted by molar-refractivity contribution is 4.92. The molecule has 1 heterocycles. The second kappa shape index (κ2) is 5.60. The van der Waals surface area contributed by atoms with Crippen LogP contribution in [0.5, 0.6) is 0 Å². The van der Waals surface area contributed by atoms with Crippen molar-refractivity contribution in [2.24, 2.45) is 11.8 Å². The van der Waals surface area contributed by atoms with Gasteiger partial charge >= 0.3 is 6.18 Å². The highest BCUT2D eigenvalue weighted by Crippen LogP contribution is 2.39. The van der Waals surface area contributed by atoms with Crippen molar-refractivity contribution >= 4 is 0 Å². The zero-order chi connectivity index (χ0) is 14.1. The van der Waals surface area contributed by atoms with Crippen molar-refractivity contribution in [2.45, 2.75) is 57.2 Å². The first-order chi connectivity index (χ1) is 8.80. The molecule has 2 nitrogen and oxygen atoms in total. The Morgan fingerprint density at radius 2 is 1.84 bits per heavy atom. The third kappa shape index (κ3) is 3.63. The van der Waals surface area contributed by atoms with Crippen molar-refractivity contribution < 1.29 is 18.3 Å². The van der Waals surface area contributed by atoms with E-state index in [1.165, 1.54) is 25.7 Å². The van der Waals surface area contributed by atoms with Gasteiger partial charge in [0.05, 0.1) is 0 Å². The summed E-state index contributed by atoms with van der Waals surface area (Å²) in [6.07, 6.45) is 0.0664. The minimum atomic E-state index is -4.49. The van der Waals surface area contributed by atoms with Gasteiger partial charge in [-0.05, 0) is 37.5 Å². The maximum Gasteiger partial charge on any atom is 0.417 e. The van der Waals surface area contributed by atoms with Crippen LogP contribution in [-0.2, 0) is 0 Å². The monoisotopic (exact) mass is 279 g/mol. The number of likely N-dealkylation sites (tertiary alicyclic amines) is 1. The molecule has 0 bridgehead atoms. The predicted octanol–water partition coefficient (Wildman–Crippen LogP) is 3.20. The Morgan fingerprint density at radius 3 is 2.37 bits per heavy atom. The molecule has 0 aromatic rings. The number of alkyl halides is 3. The molecule has 1 saturated carbocycles. The van der Waals surface area contributed by atoms with E-state index < -0.39 is 11.8 Å². The molecule has 0 amide bonds. The van der Waals surface area contributed by atoms with Gasteiger partial charge in [0.25, 0.3) is 0 Å². The van der Waals surface area contributed by atoms with Crippen LogP contribution in [0, 0.1) is 11.8 Å². The van der Waals surface area contributed by atoms with Crippen molar-refractivity contribution in [1.82, 2.24) is 4.90 Å². The van der Waals surface area contributed by atoms with Crippen LogP contribution in [0.4, 0.5) is 13.2 Å². The number of aliphatic hydroxyl groups is 1. The van der Waals surface area contributed by atoms with Crippen molar-refractivity contribution in [3.63, 3.8) is 0 Å². The highest BCUT2D eigenvalue weighted by atomic mass is 19.4. The van der Waals surface area contributed by atoms with E-state index in [1.54, 1.807) is 0 Å². The Balaban J connectivity index is 1.80. The fraction of sp³-hybridized carbons (Fsp3) is 1.00. The topological polar surface area (TPSA) is 23.5 Å². The molecule has 2 fully saturated rings. The van der Waals surface area contributed by atoms with Crippen LogP contribution >= 0.6 is 0 Å². The van der Waals surface area contributed by atoms with E-state index in [-0.39, 0.29) is 12.8 Å². The van der Waals surface area contributed by atoms with Crippen LogP contribution in [0.25, 0.3) is 0 Å². The molecule has 0 aromatic carbocycles. The zero-order valence-electron chi connectivity index (χ0n) is 11.5. The molecule has 1 aliphatic carbocycles. The SMILES string of the molecule is CC1CCCC(CN2CCC(O)(C(F)(F)F)CC2)C1. The Labute approximate surface area is 113 Å². The summed E-state index contributed by atoms with van der Waals surface area (Å²) in [4.78, 5) is 2.10. The lowest BCUT2D eigenvalue weighted by Gasteiger charge is -2.41. The van der Waals surface area contributed by atoms with Crippen molar-refractivity contribution in [3.8, 4) is 0 Å². The summed E-state index contributed by atoms with van der Waals surface area (Å²) in [7, 11) is 0. The summed E-state index contributed by atoms with van der Waals surface area (Å²) < 4.78 is 38.1. The molecule has 0 radical (unpaired) electrons. The van der Waals surface area contributed by atoms with Gasteiger partial charge in [0, 0.05) is 19.6 Å². The molecule has 0 aromatic heterocycles. The molecule has 2 aliphatic rings. The molecule has 1 N–H and O–H groups in total. The van der Waals surface area contributed by atoms with Gasteiger partial charge in [-0.25, -0.2) is 0 Å². The van der Waals surface area contributed by atoms with Crippen LogP contribution in [0.1, 0.15) is 45.4 Å². The Hall–Kier alpha value is -0.290. The average Bonchev–Trinajstić information content (AvgIpc) is 2.31. The molecule has 2 unspecified atom stereocenters. The number of halogens is 3. The molecule has 19 heavy (non-hydrogen) atoms. The number of hydrogen-bond donors (Lipinski definition) is 1. The van der Waals surface area contributed by atoms with Crippen LogP contribution in [-0.4, -0.2) is 41.4 Å². The number of nitrogens with zero attached hydrogens (tertiary/aromatic N) is 1. The second-order valence-corrected chi connectivity index (χ2v) is 6.47. The van der Waals surface area contributed by atoms with E-state index in [0.29, 0.717) is 19.0 Å². The molecule has 1 saturated heterocycles. The summed E-state index contributed by atoms with van der Waals surface area (Å²) >= 11 is 0. The van der Waals surface area contributed by atoms with Gasteiger partial charge in [-0.3, -0.25) is 0 Å². The lowest BCUT2D eigenvalue weighted by Crippen LogP contribution is -2.53. The fourth-order valence-electron chi connectivity index (χ4n) is 3.48. The Kier molecular flexibility index (Phi) is 4.45. The fourth-order valence-corrected chi connectivity index (χ4v) is 3.48. The third-order valence-corrected chi connectivity index (χ3v) is 4.77. The van der Waals surface area contributed by atoms with E-state index >= 15 is 0 Å². The first-order valence-electron chi connectivity index (χ1n) is 7.31. The quantitative estimate of drug-likeness (QED) is 0.839. The first kappa shape index (κ1) is 15.1. The van der Waals surface area contributed by atoms with Crippen LogP contribution in [0.15, 0.2) is 0 Å². The van der Waals surface area contributed by atoms with Gasteiger partial charge in [0.1, 0.15) is 0 Å². The molecule has 112 valence electrons. The van der Waals surface area contributed by atoms with Crippen LogP contribution < -0.4 is 0 Å². The molecule has 2 rings (SSSR count). The minimum absolute atomic E-state index is 0.182. The summed E-state index contributed by atoms with van der Waals surface area (Å²) in [6.45, 7) is 3.88. The van der Waals surface area contributed by atoms with Gasteiger partial charge in [0.15, 0.2) is 5.60 Å². The highest BCUT2D eigenvalue weighted by Gasteiger charge is 2.54. The summed E-state index contributed by atoms with van der Waals surface area (Å²) in [5.74, 6) is 1.37. The Bertz CT molecular complexity index is 298. The summed E-state index contributed by atoms with van der Waals surface area (Å²) in [5, 5.41) is 9.62. The van der Waals surface area contributed by atoms with E-state index in [0.717, 1.165) is 12.5 Å². The van der Waals surface area contributed by atoms with Gasteiger partial charge in [-0.1, -0.05) is 19.8 Å². The standard InChI is InChI=1S/C14H24F3NO/c1-11-3-2-4-12(9-11)10-18-7-5-13(19,6-8-18)14(15,16)17/h11-12,19H,2-10H2,1H3. The molecule has 1 aliphatic heterocycles. The van der Waals surface area contributed by atoms with E-state index in [2.05, 4.69) is 11.8 Å². The van der Waals surface area contributed by atoms with Gasteiger partial charge in [-0.2, -0.15) is 13.2 Å². The van der Waals surface area contributed by atoms with Gasteiger partial charge in [0.2, 0.25) is 0 Å². The molecular weight excluding hydrogens is 255 g/mol. The molecule has 5 heteroatoms. The van der Waals surface area contributed by atoms with Crippen LogP contribution in [0.3, 0.4) is 0 Å². The summed E-state index contributed by atoms with van der Waals surface area (Å²) in [6, 6.07) is 0. The minimum Gasteiger partial charge on any atom is -0.380 e. The number of piperidine rings is 1. The Morgan fingerprint density at radius 1 is 1.21 bits per heavy atom. The van der Waals surface area contributed by atoms with E-state index in [4.69, 9.17) is 0 Å². The first-order valence-corrected chi connectivity index (χ1v) is 7.31. The van der Waals surface area contributed by atoms with Crippen molar-refractivity contribution in [3.05, 3.63) is 0 Å². The maximum atomic E-state index is 12.7. The molecular formula is C14H24F3NO. The molecule has 0 spiro atoms. The number of rotatable bonds is 2. The predicted molar refractivity (Wildman–Crippen MR) is 67.8 cm³/mol. The molecule has 2 atom stereocenters. The van der Waals surface area contributed by atoms with Crippen LogP contribution in [0.2, 0.25) is 0 Å². The van der Waals surface area contributed by atoms with Crippen molar-refractivity contribution in [2.75, 3.05) is 19.6 Å². The largest absolute Gasteiger partial charge is 0.417 e. The lowest BCUT2D eigenvalue weighted by atomic mass is 9.81. The maximum absolute atomic E-state index is 12.7. The lowest BCUT2D eigenvalue weighted by molar-refractivity contribution is -0.272. The van der Waals surface area contributed by atoms with Gasteiger partial charge in [-0.15, -0.1) is 0 Å². The third-order valence-electron chi connectivity index (χ3n) is 4.77.